The zero-order valence-corrected chi connectivity index (χ0v) is 15.7. The summed E-state index contributed by atoms with van der Waals surface area (Å²) in [6, 6.07) is 20.2. The molecule has 0 saturated carbocycles. The molecule has 7 heteroatoms. The first-order valence-electron chi connectivity index (χ1n) is 8.09. The highest BCUT2D eigenvalue weighted by atomic mass is 35.5. The van der Waals surface area contributed by atoms with Gasteiger partial charge in [0.2, 0.25) is 0 Å². The molecular formula is C19H16ClN5S. The molecule has 0 fully saturated rings. The molecule has 2 heterocycles. The molecule has 0 N–H and O–H groups in total. The molecule has 0 atom stereocenters. The minimum absolute atomic E-state index is 0.620. The van der Waals surface area contributed by atoms with Gasteiger partial charge >= 0.3 is 0 Å². The van der Waals surface area contributed by atoms with Crippen LogP contribution >= 0.6 is 23.4 Å². The first-order chi connectivity index (χ1) is 12.7. The maximum atomic E-state index is 6.08. The number of hydrogen-bond acceptors (Lipinski definition) is 4. The molecule has 0 saturated heterocycles. The molecule has 0 aliphatic rings. The Labute approximate surface area is 160 Å². The van der Waals surface area contributed by atoms with Crippen molar-refractivity contribution < 1.29 is 0 Å². The molecular weight excluding hydrogens is 366 g/mol. The second kappa shape index (κ2) is 7.35. The van der Waals surface area contributed by atoms with E-state index < -0.39 is 0 Å². The molecule has 0 unspecified atom stereocenters. The minimum Gasteiger partial charge on any atom is -0.322 e. The smallest absolute Gasteiger partial charge is 0.196 e. The quantitative estimate of drug-likeness (QED) is 0.473. The van der Waals surface area contributed by atoms with Crippen molar-refractivity contribution in [2.45, 2.75) is 10.9 Å². The first kappa shape index (κ1) is 16.9. The van der Waals surface area contributed by atoms with Crippen molar-refractivity contribution in [3.8, 4) is 17.1 Å². The van der Waals surface area contributed by atoms with Crippen LogP contribution in [-0.4, -0.2) is 24.3 Å². The molecule has 0 aliphatic heterocycles. The van der Waals surface area contributed by atoms with Gasteiger partial charge in [-0.05, 0) is 12.1 Å². The second-order valence-corrected chi connectivity index (χ2v) is 7.02. The third-order valence-electron chi connectivity index (χ3n) is 4.04. The minimum atomic E-state index is 0.620. The Morgan fingerprint density at radius 2 is 1.65 bits per heavy atom. The van der Waals surface area contributed by atoms with Crippen LogP contribution in [0.25, 0.3) is 17.1 Å². The number of nitrogens with zero attached hydrogens (tertiary/aromatic N) is 5. The van der Waals surface area contributed by atoms with E-state index in [1.165, 1.54) is 0 Å². The fourth-order valence-corrected chi connectivity index (χ4v) is 3.73. The van der Waals surface area contributed by atoms with Crippen LogP contribution in [0.3, 0.4) is 0 Å². The summed E-state index contributed by atoms with van der Waals surface area (Å²) in [5, 5.41) is 10.3. The van der Waals surface area contributed by atoms with Gasteiger partial charge in [-0.25, -0.2) is 4.98 Å². The van der Waals surface area contributed by atoms with E-state index in [4.69, 9.17) is 11.6 Å². The Kier molecular flexibility index (Phi) is 4.77. The zero-order valence-electron chi connectivity index (χ0n) is 14.1. The number of benzene rings is 2. The van der Waals surface area contributed by atoms with Crippen molar-refractivity contribution in [1.29, 1.82) is 0 Å². The Bertz CT molecular complexity index is 1010. The number of thioether (sulfide) groups is 1. The molecule has 0 amide bonds. The van der Waals surface area contributed by atoms with E-state index in [9.17, 15) is 0 Å². The lowest BCUT2D eigenvalue weighted by atomic mass is 10.2. The predicted molar refractivity (Wildman–Crippen MR) is 105 cm³/mol. The van der Waals surface area contributed by atoms with Crippen LogP contribution in [0.15, 0.2) is 72.0 Å². The lowest BCUT2D eigenvalue weighted by Gasteiger charge is -2.10. The van der Waals surface area contributed by atoms with Gasteiger partial charge in [0.1, 0.15) is 11.0 Å². The number of para-hydroxylation sites is 1. The summed E-state index contributed by atoms with van der Waals surface area (Å²) in [4.78, 5) is 4.35. The summed E-state index contributed by atoms with van der Waals surface area (Å²) in [7, 11) is 1.91. The van der Waals surface area contributed by atoms with Gasteiger partial charge in [0, 0.05) is 18.3 Å². The van der Waals surface area contributed by atoms with E-state index in [1.807, 2.05) is 60.1 Å². The van der Waals surface area contributed by atoms with Crippen molar-refractivity contribution in [1.82, 2.24) is 24.3 Å². The summed E-state index contributed by atoms with van der Waals surface area (Å²) in [5.74, 6) is 2.37. The van der Waals surface area contributed by atoms with Crippen LogP contribution in [0, 0.1) is 0 Å². The SMILES string of the molecule is Cn1c(Cl)cnc1CSc1nnc(-c2ccccc2)n1-c1ccccc1. The summed E-state index contributed by atoms with van der Waals surface area (Å²) < 4.78 is 3.94. The summed E-state index contributed by atoms with van der Waals surface area (Å²) >= 11 is 7.67. The van der Waals surface area contributed by atoms with Crippen LogP contribution in [0.1, 0.15) is 5.82 Å². The number of hydrogen-bond donors (Lipinski definition) is 0. The van der Waals surface area contributed by atoms with Crippen molar-refractivity contribution in [3.05, 3.63) is 77.8 Å². The van der Waals surface area contributed by atoms with E-state index >= 15 is 0 Å². The van der Waals surface area contributed by atoms with E-state index in [0.717, 1.165) is 28.1 Å². The Balaban J connectivity index is 1.73. The normalized spacial score (nSPS) is 11.0. The van der Waals surface area contributed by atoms with E-state index in [1.54, 1.807) is 18.0 Å². The Morgan fingerprint density at radius 3 is 2.31 bits per heavy atom. The van der Waals surface area contributed by atoms with Crippen LogP contribution in [0.5, 0.6) is 0 Å². The molecule has 0 bridgehead atoms. The second-order valence-electron chi connectivity index (χ2n) is 5.69. The van der Waals surface area contributed by atoms with Crippen LogP contribution < -0.4 is 0 Å². The third kappa shape index (κ3) is 3.25. The van der Waals surface area contributed by atoms with Crippen LogP contribution in [0.4, 0.5) is 0 Å². The molecule has 2 aromatic heterocycles. The van der Waals surface area contributed by atoms with Gasteiger partial charge in [-0.3, -0.25) is 4.57 Å². The molecule has 0 radical (unpaired) electrons. The van der Waals surface area contributed by atoms with Crippen molar-refractivity contribution in [2.75, 3.05) is 0 Å². The van der Waals surface area contributed by atoms with Crippen LogP contribution in [-0.2, 0) is 12.8 Å². The molecule has 4 rings (SSSR count). The number of aromatic nitrogens is 5. The summed E-state index contributed by atoms with van der Waals surface area (Å²) in [6.45, 7) is 0. The highest BCUT2D eigenvalue weighted by Gasteiger charge is 2.17. The van der Waals surface area contributed by atoms with Gasteiger partial charge in [-0.15, -0.1) is 10.2 Å². The average Bonchev–Trinajstić information content (AvgIpc) is 3.25. The molecule has 4 aromatic rings. The largest absolute Gasteiger partial charge is 0.322 e. The Morgan fingerprint density at radius 1 is 0.962 bits per heavy atom. The van der Waals surface area contributed by atoms with E-state index in [2.05, 4.69) is 31.9 Å². The third-order valence-corrected chi connectivity index (χ3v) is 5.31. The Hall–Kier alpha value is -2.57. The predicted octanol–water partition coefficient (Wildman–Crippen LogP) is 4.61. The maximum absolute atomic E-state index is 6.08. The van der Waals surface area contributed by atoms with Gasteiger partial charge in [0.15, 0.2) is 11.0 Å². The standard InChI is InChI=1S/C19H16ClN5S/c1-24-16(20)12-21-17(24)13-26-19-23-22-18(14-8-4-2-5-9-14)25(19)15-10-6-3-7-11-15/h2-12H,13H2,1H3. The molecule has 0 spiro atoms. The van der Waals surface area contributed by atoms with Crippen molar-refractivity contribution in [3.63, 3.8) is 0 Å². The zero-order chi connectivity index (χ0) is 17.9. The average molecular weight is 382 g/mol. The molecule has 0 aliphatic carbocycles. The fourth-order valence-electron chi connectivity index (χ4n) is 2.63. The van der Waals surface area contributed by atoms with Crippen LogP contribution in [0.2, 0.25) is 5.15 Å². The summed E-state index contributed by atoms with van der Waals surface area (Å²) in [5.41, 5.74) is 2.05. The van der Waals surface area contributed by atoms with Gasteiger partial charge in [0.05, 0.1) is 11.9 Å². The highest BCUT2D eigenvalue weighted by molar-refractivity contribution is 7.98. The topological polar surface area (TPSA) is 48.5 Å². The first-order valence-corrected chi connectivity index (χ1v) is 9.45. The van der Waals surface area contributed by atoms with Gasteiger partial charge in [-0.2, -0.15) is 0 Å². The number of rotatable bonds is 5. The maximum Gasteiger partial charge on any atom is 0.196 e. The lowest BCUT2D eigenvalue weighted by Crippen LogP contribution is -2.01. The van der Waals surface area contributed by atoms with Gasteiger partial charge in [0.25, 0.3) is 0 Å². The summed E-state index contributed by atoms with van der Waals surface area (Å²) in [6.07, 6.45) is 1.66. The van der Waals surface area contributed by atoms with Gasteiger partial charge in [-0.1, -0.05) is 71.9 Å². The number of halogens is 1. The fraction of sp³-hybridized carbons (Fsp3) is 0.105. The van der Waals surface area contributed by atoms with E-state index in [-0.39, 0.29) is 0 Å². The molecule has 130 valence electrons. The van der Waals surface area contributed by atoms with Gasteiger partial charge < -0.3 is 4.57 Å². The lowest BCUT2D eigenvalue weighted by molar-refractivity contribution is 0.842. The van der Waals surface area contributed by atoms with Crippen molar-refractivity contribution in [2.24, 2.45) is 7.05 Å². The monoisotopic (exact) mass is 381 g/mol. The number of imidazole rings is 1. The molecule has 26 heavy (non-hydrogen) atoms. The molecule has 5 nitrogen and oxygen atoms in total. The molecule has 2 aromatic carbocycles. The van der Waals surface area contributed by atoms with E-state index in [0.29, 0.717) is 10.9 Å². The van der Waals surface area contributed by atoms with Crippen molar-refractivity contribution >= 4 is 23.4 Å². The highest BCUT2D eigenvalue weighted by Crippen LogP contribution is 2.29.